The molecule has 8 heteroatoms. The van der Waals surface area contributed by atoms with E-state index < -0.39 is 22.2 Å². The maximum Gasteiger partial charge on any atom is 0.254 e. The van der Waals surface area contributed by atoms with Crippen molar-refractivity contribution in [3.05, 3.63) is 22.4 Å². The molecule has 0 unspecified atom stereocenters. The Morgan fingerprint density at radius 3 is 2.83 bits per heavy atom. The Balaban J connectivity index is 2.05. The molecule has 1 amide bonds. The molecule has 0 radical (unpaired) electrons. The van der Waals surface area contributed by atoms with Gasteiger partial charge in [0.15, 0.2) is 0 Å². The molecule has 0 aromatic carbocycles. The normalized spacial score (nSPS) is 24.4. The zero-order valence-corrected chi connectivity index (χ0v) is 11.4. The SMILES string of the molecule is CS(=O)(=O)N[C@@H]1CN(C(=O)c2ccsc2)C[C@H]1O. The molecular weight excluding hydrogens is 276 g/mol. The van der Waals surface area contributed by atoms with Gasteiger partial charge in [0.25, 0.3) is 5.91 Å². The smallest absolute Gasteiger partial charge is 0.254 e. The van der Waals surface area contributed by atoms with Gasteiger partial charge in [-0.3, -0.25) is 4.79 Å². The third-order valence-electron chi connectivity index (χ3n) is 2.71. The van der Waals surface area contributed by atoms with E-state index in [1.807, 2.05) is 0 Å². The minimum atomic E-state index is -3.39. The molecule has 1 aromatic rings. The van der Waals surface area contributed by atoms with Crippen LogP contribution in [0.1, 0.15) is 10.4 Å². The first-order valence-corrected chi connectivity index (χ1v) is 8.17. The van der Waals surface area contributed by atoms with Crippen molar-refractivity contribution in [2.75, 3.05) is 19.3 Å². The number of hydrogen-bond acceptors (Lipinski definition) is 5. The zero-order chi connectivity index (χ0) is 13.3. The van der Waals surface area contributed by atoms with Gasteiger partial charge in [-0.05, 0) is 11.4 Å². The molecule has 1 saturated heterocycles. The highest BCUT2D eigenvalue weighted by molar-refractivity contribution is 7.88. The molecule has 1 aliphatic heterocycles. The molecule has 2 rings (SSSR count). The van der Waals surface area contributed by atoms with E-state index in [0.29, 0.717) is 5.56 Å². The number of amides is 1. The first-order chi connectivity index (χ1) is 8.37. The third-order valence-corrected chi connectivity index (χ3v) is 4.12. The predicted molar refractivity (Wildman–Crippen MR) is 68.0 cm³/mol. The summed E-state index contributed by atoms with van der Waals surface area (Å²) in [5.74, 6) is -0.187. The lowest BCUT2D eigenvalue weighted by Crippen LogP contribution is -2.42. The lowest BCUT2D eigenvalue weighted by molar-refractivity contribution is 0.0765. The second-order valence-electron chi connectivity index (χ2n) is 4.29. The van der Waals surface area contributed by atoms with Crippen LogP contribution < -0.4 is 4.72 Å². The van der Waals surface area contributed by atoms with Gasteiger partial charge >= 0.3 is 0 Å². The number of carbonyl (C=O) groups excluding carboxylic acids is 1. The van der Waals surface area contributed by atoms with Gasteiger partial charge in [-0.25, -0.2) is 13.1 Å². The van der Waals surface area contributed by atoms with E-state index in [9.17, 15) is 18.3 Å². The first-order valence-electron chi connectivity index (χ1n) is 5.33. The number of aliphatic hydroxyl groups is 1. The molecule has 100 valence electrons. The van der Waals surface area contributed by atoms with Crippen LogP contribution in [0.15, 0.2) is 16.8 Å². The Morgan fingerprint density at radius 1 is 1.56 bits per heavy atom. The van der Waals surface area contributed by atoms with Crippen molar-refractivity contribution in [3.8, 4) is 0 Å². The average Bonchev–Trinajstić information content (AvgIpc) is 2.86. The van der Waals surface area contributed by atoms with Crippen molar-refractivity contribution in [1.82, 2.24) is 9.62 Å². The van der Waals surface area contributed by atoms with E-state index in [-0.39, 0.29) is 19.0 Å². The fraction of sp³-hybridized carbons (Fsp3) is 0.500. The summed E-state index contributed by atoms with van der Waals surface area (Å²) in [6, 6.07) is 1.07. The van der Waals surface area contributed by atoms with Gasteiger partial charge in [-0.15, -0.1) is 0 Å². The number of nitrogens with one attached hydrogen (secondary N) is 1. The average molecular weight is 290 g/mol. The summed E-state index contributed by atoms with van der Waals surface area (Å²) in [5.41, 5.74) is 0.562. The number of carbonyl (C=O) groups is 1. The molecular formula is C10H14N2O4S2. The van der Waals surface area contributed by atoms with Crippen molar-refractivity contribution in [2.45, 2.75) is 12.1 Å². The molecule has 2 N–H and O–H groups in total. The third kappa shape index (κ3) is 3.08. The summed E-state index contributed by atoms with van der Waals surface area (Å²) in [6.07, 6.45) is 0.158. The minimum Gasteiger partial charge on any atom is -0.390 e. The van der Waals surface area contributed by atoms with E-state index in [1.165, 1.54) is 16.2 Å². The van der Waals surface area contributed by atoms with Crippen LogP contribution in [0.3, 0.4) is 0 Å². The maximum atomic E-state index is 12.0. The molecule has 18 heavy (non-hydrogen) atoms. The molecule has 1 aromatic heterocycles. The molecule has 1 fully saturated rings. The number of likely N-dealkylation sites (tertiary alicyclic amines) is 1. The van der Waals surface area contributed by atoms with Crippen LogP contribution in [-0.2, 0) is 10.0 Å². The van der Waals surface area contributed by atoms with E-state index in [4.69, 9.17) is 0 Å². The number of nitrogens with zero attached hydrogens (tertiary/aromatic N) is 1. The lowest BCUT2D eigenvalue weighted by Gasteiger charge is -2.15. The summed E-state index contributed by atoms with van der Waals surface area (Å²) in [6.45, 7) is 0.324. The van der Waals surface area contributed by atoms with Crippen LogP contribution in [0, 0.1) is 0 Å². The van der Waals surface area contributed by atoms with Gasteiger partial charge in [-0.2, -0.15) is 11.3 Å². The zero-order valence-electron chi connectivity index (χ0n) is 9.74. The largest absolute Gasteiger partial charge is 0.390 e. The highest BCUT2D eigenvalue weighted by atomic mass is 32.2. The highest BCUT2D eigenvalue weighted by Crippen LogP contribution is 2.16. The summed E-state index contributed by atoms with van der Waals surface area (Å²) in [4.78, 5) is 13.5. The Bertz CT molecular complexity index is 526. The Morgan fingerprint density at radius 2 is 2.28 bits per heavy atom. The summed E-state index contributed by atoms with van der Waals surface area (Å²) in [5, 5.41) is 13.3. The van der Waals surface area contributed by atoms with Crippen LogP contribution in [-0.4, -0.2) is 55.8 Å². The van der Waals surface area contributed by atoms with E-state index in [1.54, 1.807) is 16.8 Å². The summed E-state index contributed by atoms with van der Waals surface area (Å²) < 4.78 is 24.6. The molecule has 1 aliphatic rings. The predicted octanol–water partition coefficient (Wildman–Crippen LogP) is -0.517. The molecule has 6 nitrogen and oxygen atoms in total. The molecule has 2 atom stereocenters. The van der Waals surface area contributed by atoms with Crippen molar-refractivity contribution in [3.63, 3.8) is 0 Å². The fourth-order valence-corrected chi connectivity index (χ4v) is 3.32. The van der Waals surface area contributed by atoms with Crippen LogP contribution in [0.4, 0.5) is 0 Å². The second-order valence-corrected chi connectivity index (χ2v) is 6.85. The topological polar surface area (TPSA) is 86.7 Å². The van der Waals surface area contributed by atoms with Crippen LogP contribution >= 0.6 is 11.3 Å². The molecule has 0 saturated carbocycles. The monoisotopic (exact) mass is 290 g/mol. The van der Waals surface area contributed by atoms with Crippen LogP contribution in [0.25, 0.3) is 0 Å². The van der Waals surface area contributed by atoms with Gasteiger partial charge in [0.05, 0.1) is 24.0 Å². The highest BCUT2D eigenvalue weighted by Gasteiger charge is 2.35. The van der Waals surface area contributed by atoms with Gasteiger partial charge in [0, 0.05) is 18.5 Å². The van der Waals surface area contributed by atoms with Crippen LogP contribution in [0.2, 0.25) is 0 Å². The standard InChI is InChI=1S/C10H14N2O4S2/c1-18(15,16)11-8-4-12(5-9(8)13)10(14)7-2-3-17-6-7/h2-3,6,8-9,11,13H,4-5H2,1H3/t8-,9-/m1/s1. The number of rotatable bonds is 3. The van der Waals surface area contributed by atoms with E-state index in [0.717, 1.165) is 6.26 Å². The van der Waals surface area contributed by atoms with Gasteiger partial charge in [-0.1, -0.05) is 0 Å². The Labute approximate surface area is 109 Å². The molecule has 0 bridgehead atoms. The van der Waals surface area contributed by atoms with Gasteiger partial charge < -0.3 is 10.0 Å². The number of thiophene rings is 1. The number of hydrogen-bond donors (Lipinski definition) is 2. The number of aliphatic hydroxyl groups excluding tert-OH is 1. The summed E-state index contributed by atoms with van der Waals surface area (Å²) >= 11 is 1.42. The van der Waals surface area contributed by atoms with Gasteiger partial charge in [0.1, 0.15) is 0 Å². The van der Waals surface area contributed by atoms with Crippen molar-refractivity contribution in [1.29, 1.82) is 0 Å². The van der Waals surface area contributed by atoms with E-state index in [2.05, 4.69) is 4.72 Å². The fourth-order valence-electron chi connectivity index (χ4n) is 1.91. The van der Waals surface area contributed by atoms with Crippen molar-refractivity contribution >= 4 is 27.3 Å². The van der Waals surface area contributed by atoms with Crippen LogP contribution in [0.5, 0.6) is 0 Å². The van der Waals surface area contributed by atoms with E-state index >= 15 is 0 Å². The molecule has 0 aliphatic carbocycles. The minimum absolute atomic E-state index is 0.141. The van der Waals surface area contributed by atoms with Crippen molar-refractivity contribution in [2.24, 2.45) is 0 Å². The van der Waals surface area contributed by atoms with Crippen molar-refractivity contribution < 1.29 is 18.3 Å². The number of β-amino-alcohol motifs (C(OH)–C–C–N with tert-alkyl or cyclic N) is 1. The Kier molecular flexibility index (Phi) is 3.71. The summed E-state index contributed by atoms with van der Waals surface area (Å²) in [7, 11) is -3.39. The maximum absolute atomic E-state index is 12.0. The van der Waals surface area contributed by atoms with Gasteiger partial charge in [0.2, 0.25) is 10.0 Å². The molecule has 2 heterocycles. The number of sulfonamides is 1. The second kappa shape index (κ2) is 4.96. The Hall–Kier alpha value is -0.960. The lowest BCUT2D eigenvalue weighted by atomic mass is 10.2. The molecule has 0 spiro atoms. The quantitative estimate of drug-likeness (QED) is 0.784. The first kappa shape index (κ1) is 13.5.